The predicted molar refractivity (Wildman–Crippen MR) is 133 cm³/mol. The highest BCUT2D eigenvalue weighted by molar-refractivity contribution is 6.36. The Balaban J connectivity index is 1.76. The Kier molecular flexibility index (Phi) is 9.30. The van der Waals surface area contributed by atoms with Gasteiger partial charge in [-0.3, -0.25) is 9.59 Å². The molecular formula is C25H29Cl3N2O3. The standard InChI is InChI=1S/C25H29Cl3N2O3/c1-16-13-19(11-12-21(16)26)33-15-24(31)30(14-20-22(27)9-6-10-23(20)28)17(2)25(32)29-18-7-4-3-5-8-18/h6,9-13,17-18H,3-5,7-8,14-15H2,1-2H3,(H,29,32). The normalized spacial score (nSPS) is 15.1. The minimum Gasteiger partial charge on any atom is -0.484 e. The van der Waals surface area contributed by atoms with Gasteiger partial charge < -0.3 is 15.0 Å². The molecule has 3 rings (SSSR count). The summed E-state index contributed by atoms with van der Waals surface area (Å²) in [5.41, 5.74) is 1.44. The maximum absolute atomic E-state index is 13.2. The average Bonchev–Trinajstić information content (AvgIpc) is 2.79. The quantitative estimate of drug-likeness (QED) is 0.459. The first-order chi connectivity index (χ1) is 15.8. The van der Waals surface area contributed by atoms with Gasteiger partial charge in [0.1, 0.15) is 11.8 Å². The van der Waals surface area contributed by atoms with Crippen molar-refractivity contribution >= 4 is 46.6 Å². The highest BCUT2D eigenvalue weighted by Crippen LogP contribution is 2.27. The van der Waals surface area contributed by atoms with Gasteiger partial charge in [0.25, 0.3) is 5.91 Å². The molecule has 1 atom stereocenters. The number of carbonyl (C=O) groups is 2. The summed E-state index contributed by atoms with van der Waals surface area (Å²) < 4.78 is 5.72. The van der Waals surface area contributed by atoms with Crippen molar-refractivity contribution in [3.05, 3.63) is 62.6 Å². The van der Waals surface area contributed by atoms with E-state index < -0.39 is 6.04 Å². The van der Waals surface area contributed by atoms with Crippen LogP contribution in [0.5, 0.6) is 5.75 Å². The third kappa shape index (κ3) is 7.02. The van der Waals surface area contributed by atoms with Crippen molar-refractivity contribution in [3.63, 3.8) is 0 Å². The van der Waals surface area contributed by atoms with Crippen molar-refractivity contribution in [1.82, 2.24) is 10.2 Å². The molecule has 1 aliphatic carbocycles. The fourth-order valence-corrected chi connectivity index (χ4v) is 4.57. The molecule has 8 heteroatoms. The lowest BCUT2D eigenvalue weighted by atomic mass is 9.95. The molecule has 1 fully saturated rings. The number of amides is 2. The summed E-state index contributed by atoms with van der Waals surface area (Å²) in [5.74, 6) is -0.00840. The maximum atomic E-state index is 13.2. The zero-order valence-corrected chi connectivity index (χ0v) is 21.1. The van der Waals surface area contributed by atoms with E-state index in [0.717, 1.165) is 31.2 Å². The molecular weight excluding hydrogens is 483 g/mol. The van der Waals surface area contributed by atoms with Crippen LogP contribution >= 0.6 is 34.8 Å². The second-order valence-corrected chi connectivity index (χ2v) is 9.66. The number of benzene rings is 2. The van der Waals surface area contributed by atoms with E-state index in [0.29, 0.717) is 26.4 Å². The van der Waals surface area contributed by atoms with Crippen LogP contribution in [0.2, 0.25) is 15.1 Å². The van der Waals surface area contributed by atoms with E-state index in [4.69, 9.17) is 39.5 Å². The summed E-state index contributed by atoms with van der Waals surface area (Å²) in [6.07, 6.45) is 5.32. The van der Waals surface area contributed by atoms with Crippen LogP contribution in [0.1, 0.15) is 50.2 Å². The van der Waals surface area contributed by atoms with Crippen LogP contribution in [-0.4, -0.2) is 35.4 Å². The fourth-order valence-electron chi connectivity index (χ4n) is 3.94. The van der Waals surface area contributed by atoms with E-state index in [-0.39, 0.29) is 31.0 Å². The van der Waals surface area contributed by atoms with Crippen LogP contribution in [-0.2, 0) is 16.1 Å². The minimum absolute atomic E-state index is 0.0968. The number of nitrogens with one attached hydrogen (secondary N) is 1. The van der Waals surface area contributed by atoms with Crippen molar-refractivity contribution in [2.75, 3.05) is 6.61 Å². The Hall–Kier alpha value is -1.95. The van der Waals surface area contributed by atoms with Crippen molar-refractivity contribution in [2.45, 2.75) is 64.6 Å². The molecule has 0 aliphatic heterocycles. The predicted octanol–water partition coefficient (Wildman–Crippen LogP) is 6.20. The van der Waals surface area contributed by atoms with Gasteiger partial charge in [-0.15, -0.1) is 0 Å². The number of carbonyl (C=O) groups excluding carboxylic acids is 2. The highest BCUT2D eigenvalue weighted by Gasteiger charge is 2.29. The molecule has 2 aromatic rings. The van der Waals surface area contributed by atoms with Crippen LogP contribution in [0.3, 0.4) is 0 Å². The summed E-state index contributed by atoms with van der Waals surface area (Å²) in [6, 6.07) is 9.78. The first kappa shape index (κ1) is 25.7. The summed E-state index contributed by atoms with van der Waals surface area (Å²) >= 11 is 18.8. The van der Waals surface area contributed by atoms with Crippen LogP contribution in [0.4, 0.5) is 0 Å². The smallest absolute Gasteiger partial charge is 0.261 e. The SMILES string of the molecule is Cc1cc(OCC(=O)N(Cc2c(Cl)cccc2Cl)C(C)C(=O)NC2CCCCC2)ccc1Cl. The Morgan fingerprint density at radius 3 is 2.36 bits per heavy atom. The van der Waals surface area contributed by atoms with Gasteiger partial charge in [0.15, 0.2) is 6.61 Å². The number of halogens is 3. The minimum atomic E-state index is -0.720. The number of rotatable bonds is 8. The van der Waals surface area contributed by atoms with E-state index in [9.17, 15) is 9.59 Å². The lowest BCUT2D eigenvalue weighted by Gasteiger charge is -2.31. The molecule has 1 aliphatic rings. The molecule has 5 nitrogen and oxygen atoms in total. The summed E-state index contributed by atoms with van der Waals surface area (Å²) in [7, 11) is 0. The lowest BCUT2D eigenvalue weighted by molar-refractivity contribution is -0.142. The van der Waals surface area contributed by atoms with E-state index in [1.165, 1.54) is 11.3 Å². The molecule has 33 heavy (non-hydrogen) atoms. The van der Waals surface area contributed by atoms with Gasteiger partial charge in [0.2, 0.25) is 5.91 Å². The molecule has 0 bridgehead atoms. The summed E-state index contributed by atoms with van der Waals surface area (Å²) in [4.78, 5) is 27.8. The van der Waals surface area contributed by atoms with Gasteiger partial charge in [-0.2, -0.15) is 0 Å². The average molecular weight is 512 g/mol. The first-order valence-electron chi connectivity index (χ1n) is 11.2. The fraction of sp³-hybridized carbons (Fsp3) is 0.440. The van der Waals surface area contributed by atoms with Crippen molar-refractivity contribution in [3.8, 4) is 5.75 Å². The van der Waals surface area contributed by atoms with Gasteiger partial charge in [-0.05, 0) is 62.6 Å². The Bertz CT molecular complexity index is 973. The van der Waals surface area contributed by atoms with E-state index >= 15 is 0 Å². The van der Waals surface area contributed by atoms with Gasteiger partial charge >= 0.3 is 0 Å². The molecule has 1 unspecified atom stereocenters. The van der Waals surface area contributed by atoms with Crippen LogP contribution in [0.15, 0.2) is 36.4 Å². The second-order valence-electron chi connectivity index (χ2n) is 8.44. The monoisotopic (exact) mass is 510 g/mol. The van der Waals surface area contributed by atoms with Crippen LogP contribution in [0, 0.1) is 6.92 Å². The maximum Gasteiger partial charge on any atom is 0.261 e. The Morgan fingerprint density at radius 2 is 1.73 bits per heavy atom. The summed E-state index contributed by atoms with van der Waals surface area (Å²) in [5, 5.41) is 4.60. The molecule has 0 saturated heterocycles. The molecule has 1 N–H and O–H groups in total. The van der Waals surface area contributed by atoms with Crippen molar-refractivity contribution in [2.24, 2.45) is 0 Å². The molecule has 0 radical (unpaired) electrons. The first-order valence-corrected chi connectivity index (χ1v) is 12.3. The summed E-state index contributed by atoms with van der Waals surface area (Å²) in [6.45, 7) is 3.44. The van der Waals surface area contributed by atoms with Gasteiger partial charge in [-0.1, -0.05) is 60.1 Å². The molecule has 0 aromatic heterocycles. The largest absolute Gasteiger partial charge is 0.484 e. The Morgan fingerprint density at radius 1 is 1.06 bits per heavy atom. The lowest BCUT2D eigenvalue weighted by Crippen LogP contribution is -2.51. The van der Waals surface area contributed by atoms with Gasteiger partial charge in [0, 0.05) is 33.2 Å². The third-order valence-corrected chi connectivity index (χ3v) is 7.13. The molecule has 1 saturated carbocycles. The number of hydrogen-bond donors (Lipinski definition) is 1. The van der Waals surface area contributed by atoms with E-state index in [1.807, 2.05) is 6.92 Å². The third-order valence-electron chi connectivity index (χ3n) is 6.00. The molecule has 0 spiro atoms. The highest BCUT2D eigenvalue weighted by atomic mass is 35.5. The molecule has 2 amide bonds. The van der Waals surface area contributed by atoms with Crippen molar-refractivity contribution < 1.29 is 14.3 Å². The zero-order valence-electron chi connectivity index (χ0n) is 18.9. The Labute approximate surface area is 210 Å². The number of ether oxygens (including phenoxy) is 1. The van der Waals surface area contributed by atoms with Crippen molar-refractivity contribution in [1.29, 1.82) is 0 Å². The van der Waals surface area contributed by atoms with Crippen LogP contribution < -0.4 is 10.1 Å². The number of nitrogens with zero attached hydrogens (tertiary/aromatic N) is 1. The molecule has 0 heterocycles. The van der Waals surface area contributed by atoms with Crippen LogP contribution in [0.25, 0.3) is 0 Å². The zero-order chi connectivity index (χ0) is 24.0. The number of aryl methyl sites for hydroxylation is 1. The topological polar surface area (TPSA) is 58.6 Å². The van der Waals surface area contributed by atoms with E-state index in [1.54, 1.807) is 43.3 Å². The molecule has 178 valence electrons. The van der Waals surface area contributed by atoms with Gasteiger partial charge in [0.05, 0.1) is 0 Å². The van der Waals surface area contributed by atoms with E-state index in [2.05, 4.69) is 5.32 Å². The number of hydrogen-bond acceptors (Lipinski definition) is 3. The second kappa shape index (κ2) is 12.0. The molecule has 2 aromatic carbocycles. The van der Waals surface area contributed by atoms with Gasteiger partial charge in [-0.25, -0.2) is 0 Å².